The lowest BCUT2D eigenvalue weighted by atomic mass is 10.3. The van der Waals surface area contributed by atoms with Crippen molar-refractivity contribution in [2.24, 2.45) is 0 Å². The van der Waals surface area contributed by atoms with Crippen LogP contribution in [0, 0.1) is 0 Å². The van der Waals surface area contributed by atoms with E-state index in [1.54, 1.807) is 12.1 Å². The van der Waals surface area contributed by atoms with Gasteiger partial charge in [-0.25, -0.2) is 4.79 Å². The van der Waals surface area contributed by atoms with Gasteiger partial charge in [-0.05, 0) is 24.3 Å². The van der Waals surface area contributed by atoms with Crippen LogP contribution in [0.25, 0.3) is 0 Å². The second kappa shape index (κ2) is 4.96. The van der Waals surface area contributed by atoms with Crippen molar-refractivity contribution in [3.63, 3.8) is 0 Å². The number of ether oxygens (including phenoxy) is 1. The van der Waals surface area contributed by atoms with Crippen LogP contribution in [0.1, 0.15) is 16.6 Å². The maximum absolute atomic E-state index is 10.5. The first kappa shape index (κ1) is 11.6. The molecule has 2 rings (SSSR count). The first-order valence-corrected chi connectivity index (χ1v) is 5.38. The number of hydrogen-bond acceptors (Lipinski definition) is 5. The number of halogens is 1. The van der Waals surface area contributed by atoms with Crippen molar-refractivity contribution in [3.05, 3.63) is 40.5 Å². The molecule has 0 spiro atoms. The molecule has 0 fully saturated rings. The highest BCUT2D eigenvalue weighted by Crippen LogP contribution is 2.17. The van der Waals surface area contributed by atoms with Crippen LogP contribution in [0.4, 0.5) is 0 Å². The third kappa shape index (κ3) is 3.04. The lowest BCUT2D eigenvalue weighted by molar-refractivity contribution is 0.0649. The fraction of sp³-hybridized carbons (Fsp3) is 0.100. The summed E-state index contributed by atoms with van der Waals surface area (Å²) in [4.78, 5) is 10.5. The van der Waals surface area contributed by atoms with Gasteiger partial charge in [-0.15, -0.1) is 10.2 Å². The third-order valence-corrected chi connectivity index (χ3v) is 2.35. The number of benzene rings is 1. The molecule has 17 heavy (non-hydrogen) atoms. The van der Waals surface area contributed by atoms with E-state index in [0.29, 0.717) is 5.75 Å². The van der Waals surface area contributed by atoms with Crippen LogP contribution in [0.2, 0.25) is 0 Å². The van der Waals surface area contributed by atoms with Crippen LogP contribution < -0.4 is 4.74 Å². The zero-order valence-electron chi connectivity index (χ0n) is 8.46. The predicted octanol–water partition coefficient (Wildman–Crippen LogP) is 2.11. The quantitative estimate of drug-likeness (QED) is 0.930. The van der Waals surface area contributed by atoms with E-state index in [-0.39, 0.29) is 12.5 Å². The summed E-state index contributed by atoms with van der Waals surface area (Å²) in [6.07, 6.45) is 0. The SMILES string of the molecule is O=C(O)c1nnc(COc2ccc(Br)cc2)o1. The van der Waals surface area contributed by atoms with Gasteiger partial charge >= 0.3 is 11.9 Å². The summed E-state index contributed by atoms with van der Waals surface area (Å²) < 4.78 is 11.1. The summed E-state index contributed by atoms with van der Waals surface area (Å²) in [6, 6.07) is 7.18. The Balaban J connectivity index is 1.97. The van der Waals surface area contributed by atoms with E-state index in [1.807, 2.05) is 12.1 Å². The zero-order valence-corrected chi connectivity index (χ0v) is 10.0. The van der Waals surface area contributed by atoms with Crippen molar-refractivity contribution >= 4 is 21.9 Å². The molecule has 6 nitrogen and oxygen atoms in total. The van der Waals surface area contributed by atoms with E-state index in [2.05, 4.69) is 26.1 Å². The smallest absolute Gasteiger partial charge is 0.393 e. The minimum atomic E-state index is -1.26. The summed E-state index contributed by atoms with van der Waals surface area (Å²) >= 11 is 3.30. The number of carboxylic acids is 1. The van der Waals surface area contributed by atoms with Crippen molar-refractivity contribution in [2.45, 2.75) is 6.61 Å². The number of carboxylic acid groups (broad SMARTS) is 1. The van der Waals surface area contributed by atoms with Crippen LogP contribution in [-0.4, -0.2) is 21.3 Å². The van der Waals surface area contributed by atoms with E-state index < -0.39 is 11.9 Å². The Morgan fingerprint density at radius 3 is 2.65 bits per heavy atom. The number of aromatic nitrogens is 2. The van der Waals surface area contributed by atoms with Crippen molar-refractivity contribution < 1.29 is 19.1 Å². The van der Waals surface area contributed by atoms with Crippen molar-refractivity contribution in [3.8, 4) is 5.75 Å². The summed E-state index contributed by atoms with van der Waals surface area (Å²) in [6.45, 7) is 0.0297. The average molecular weight is 299 g/mol. The highest BCUT2D eigenvalue weighted by molar-refractivity contribution is 9.10. The lowest BCUT2D eigenvalue weighted by Gasteiger charge is -2.02. The van der Waals surface area contributed by atoms with Gasteiger partial charge in [-0.1, -0.05) is 15.9 Å². The first-order valence-electron chi connectivity index (χ1n) is 4.59. The predicted molar refractivity (Wildman–Crippen MR) is 59.7 cm³/mol. The molecular formula is C10H7BrN2O4. The van der Waals surface area contributed by atoms with Crippen molar-refractivity contribution in [1.82, 2.24) is 10.2 Å². The minimum absolute atomic E-state index is 0.0297. The lowest BCUT2D eigenvalue weighted by Crippen LogP contribution is -1.96. The van der Waals surface area contributed by atoms with Gasteiger partial charge in [-0.3, -0.25) is 0 Å². The topological polar surface area (TPSA) is 85.5 Å². The van der Waals surface area contributed by atoms with Gasteiger partial charge in [0.2, 0.25) is 0 Å². The summed E-state index contributed by atoms with van der Waals surface area (Å²) in [5, 5.41) is 15.4. The molecular weight excluding hydrogens is 292 g/mol. The molecule has 0 unspecified atom stereocenters. The molecule has 0 radical (unpaired) electrons. The van der Waals surface area contributed by atoms with Crippen LogP contribution in [0.15, 0.2) is 33.2 Å². The highest BCUT2D eigenvalue weighted by atomic mass is 79.9. The number of hydrogen-bond donors (Lipinski definition) is 1. The molecule has 7 heteroatoms. The van der Waals surface area contributed by atoms with Crippen LogP contribution in [0.3, 0.4) is 0 Å². The van der Waals surface area contributed by atoms with Gasteiger partial charge in [0, 0.05) is 4.47 Å². The first-order chi connectivity index (χ1) is 8.15. The molecule has 0 saturated carbocycles. The Morgan fingerprint density at radius 1 is 1.35 bits per heavy atom. The molecule has 0 bridgehead atoms. The Labute approximate surface area is 104 Å². The fourth-order valence-corrected chi connectivity index (χ4v) is 1.34. The number of carbonyl (C=O) groups is 1. The number of rotatable bonds is 4. The second-order valence-electron chi connectivity index (χ2n) is 3.05. The normalized spacial score (nSPS) is 10.2. The summed E-state index contributed by atoms with van der Waals surface area (Å²) in [5.74, 6) is -0.958. The van der Waals surface area contributed by atoms with E-state index in [0.717, 1.165) is 4.47 Å². The molecule has 2 aromatic rings. The number of nitrogens with zero attached hydrogens (tertiary/aromatic N) is 2. The third-order valence-electron chi connectivity index (χ3n) is 1.83. The van der Waals surface area contributed by atoms with Gasteiger partial charge in [0.1, 0.15) is 5.75 Å². The fourth-order valence-electron chi connectivity index (χ4n) is 1.07. The summed E-state index contributed by atoms with van der Waals surface area (Å²) in [5.41, 5.74) is 0. The van der Waals surface area contributed by atoms with Gasteiger partial charge in [0.05, 0.1) is 0 Å². The van der Waals surface area contributed by atoms with E-state index in [4.69, 9.17) is 14.3 Å². The van der Waals surface area contributed by atoms with Gasteiger partial charge in [0.25, 0.3) is 5.89 Å². The summed E-state index contributed by atoms with van der Waals surface area (Å²) in [7, 11) is 0. The molecule has 0 aliphatic rings. The van der Waals surface area contributed by atoms with E-state index in [9.17, 15) is 4.79 Å². The Kier molecular flexibility index (Phi) is 3.38. The standard InChI is InChI=1S/C10H7BrN2O4/c11-6-1-3-7(4-2-6)16-5-8-12-13-9(17-8)10(14)15/h1-4H,5H2,(H,14,15). The molecule has 1 aromatic heterocycles. The highest BCUT2D eigenvalue weighted by Gasteiger charge is 2.12. The van der Waals surface area contributed by atoms with Gasteiger partial charge in [0.15, 0.2) is 6.61 Å². The van der Waals surface area contributed by atoms with Crippen LogP contribution >= 0.6 is 15.9 Å². The van der Waals surface area contributed by atoms with Crippen LogP contribution in [-0.2, 0) is 6.61 Å². The molecule has 0 saturated heterocycles. The van der Waals surface area contributed by atoms with Crippen LogP contribution in [0.5, 0.6) is 5.75 Å². The molecule has 0 aliphatic carbocycles. The van der Waals surface area contributed by atoms with E-state index >= 15 is 0 Å². The Hall–Kier alpha value is -1.89. The maximum Gasteiger partial charge on any atom is 0.393 e. The average Bonchev–Trinajstić information content (AvgIpc) is 2.77. The molecule has 1 heterocycles. The van der Waals surface area contributed by atoms with Gasteiger partial charge in [-0.2, -0.15) is 0 Å². The largest absolute Gasteiger partial charge is 0.484 e. The Bertz CT molecular complexity index is 523. The molecule has 1 aromatic carbocycles. The molecule has 0 atom stereocenters. The maximum atomic E-state index is 10.5. The second-order valence-corrected chi connectivity index (χ2v) is 3.96. The zero-order chi connectivity index (χ0) is 12.3. The molecule has 1 N–H and O–H groups in total. The number of aromatic carboxylic acids is 1. The molecule has 0 aliphatic heterocycles. The van der Waals surface area contributed by atoms with Crippen molar-refractivity contribution in [1.29, 1.82) is 0 Å². The molecule has 88 valence electrons. The van der Waals surface area contributed by atoms with Crippen molar-refractivity contribution in [2.75, 3.05) is 0 Å². The van der Waals surface area contributed by atoms with Gasteiger partial charge < -0.3 is 14.3 Å². The molecule has 0 amide bonds. The Morgan fingerprint density at radius 2 is 2.06 bits per heavy atom. The monoisotopic (exact) mass is 298 g/mol. The van der Waals surface area contributed by atoms with E-state index in [1.165, 1.54) is 0 Å². The minimum Gasteiger partial charge on any atom is -0.484 e.